The second-order valence-electron chi connectivity index (χ2n) is 5.42. The van der Waals surface area contributed by atoms with Gasteiger partial charge in [-0.2, -0.15) is 0 Å². The molecule has 0 bridgehead atoms. The molecule has 2 atom stereocenters. The van der Waals surface area contributed by atoms with Crippen LogP contribution in [-0.2, 0) is 6.54 Å². The lowest BCUT2D eigenvalue weighted by molar-refractivity contribution is 0.0657. The lowest BCUT2D eigenvalue weighted by atomic mass is 9.86. The van der Waals surface area contributed by atoms with Crippen molar-refractivity contribution in [2.24, 2.45) is 5.92 Å². The van der Waals surface area contributed by atoms with Crippen LogP contribution in [0.2, 0.25) is 0 Å². The van der Waals surface area contributed by atoms with Crippen LogP contribution in [0, 0.1) is 5.92 Å². The highest BCUT2D eigenvalue weighted by molar-refractivity contribution is 5.86. The Labute approximate surface area is 108 Å². The molecule has 1 aromatic heterocycles. The zero-order chi connectivity index (χ0) is 13.1. The van der Waals surface area contributed by atoms with Gasteiger partial charge in [-0.3, -0.25) is 4.90 Å². The van der Waals surface area contributed by atoms with Gasteiger partial charge in [-0.05, 0) is 31.9 Å². The molecule has 2 unspecified atom stereocenters. The van der Waals surface area contributed by atoms with Crippen molar-refractivity contribution < 1.29 is 14.3 Å². The Balaban J connectivity index is 2.00. The Morgan fingerprint density at radius 3 is 3.00 bits per heavy atom. The van der Waals surface area contributed by atoms with Gasteiger partial charge < -0.3 is 9.52 Å². The van der Waals surface area contributed by atoms with E-state index in [-0.39, 0.29) is 5.76 Å². The Bertz CT molecular complexity index is 413. The molecule has 2 rings (SSSR count). The van der Waals surface area contributed by atoms with Crippen molar-refractivity contribution in [2.75, 3.05) is 7.05 Å². The summed E-state index contributed by atoms with van der Waals surface area (Å²) in [5, 5.41) is 9.01. The number of carboxylic acid groups (broad SMARTS) is 1. The Kier molecular flexibility index (Phi) is 4.07. The smallest absolute Gasteiger partial charge is 0.372 e. The molecule has 1 aromatic rings. The molecule has 0 saturated heterocycles. The van der Waals surface area contributed by atoms with E-state index in [1.54, 1.807) is 6.07 Å². The van der Waals surface area contributed by atoms with Gasteiger partial charge >= 0.3 is 5.97 Å². The van der Waals surface area contributed by atoms with Crippen LogP contribution in [0.15, 0.2) is 16.7 Å². The van der Waals surface area contributed by atoms with Crippen molar-refractivity contribution in [3.05, 3.63) is 23.7 Å². The number of hydrogen-bond donors (Lipinski definition) is 1. The molecule has 4 heteroatoms. The van der Waals surface area contributed by atoms with Gasteiger partial charge in [0, 0.05) is 18.2 Å². The highest BCUT2D eigenvalue weighted by Gasteiger charge is 2.24. The summed E-state index contributed by atoms with van der Waals surface area (Å²) in [7, 11) is 2.07. The maximum atomic E-state index is 11.0. The van der Waals surface area contributed by atoms with Crippen LogP contribution in [0.1, 0.15) is 48.7 Å². The van der Waals surface area contributed by atoms with Crippen LogP contribution in [0.25, 0.3) is 0 Å². The Morgan fingerprint density at radius 1 is 1.56 bits per heavy atom. The fraction of sp³-hybridized carbons (Fsp3) is 0.643. The predicted molar refractivity (Wildman–Crippen MR) is 68.6 cm³/mol. The van der Waals surface area contributed by atoms with Gasteiger partial charge in [0.05, 0.1) is 6.26 Å². The van der Waals surface area contributed by atoms with Gasteiger partial charge in [0.1, 0.15) is 0 Å². The number of aromatic carboxylic acids is 1. The van der Waals surface area contributed by atoms with Crippen LogP contribution < -0.4 is 0 Å². The molecule has 0 radical (unpaired) electrons. The number of hydrogen-bond acceptors (Lipinski definition) is 3. The molecule has 0 aliphatic heterocycles. The zero-order valence-corrected chi connectivity index (χ0v) is 11.1. The molecular weight excluding hydrogens is 230 g/mol. The topological polar surface area (TPSA) is 53.7 Å². The van der Waals surface area contributed by atoms with E-state index in [9.17, 15) is 4.79 Å². The first-order valence-electron chi connectivity index (χ1n) is 6.58. The van der Waals surface area contributed by atoms with E-state index in [1.165, 1.54) is 31.9 Å². The lowest BCUT2D eigenvalue weighted by Gasteiger charge is -2.34. The van der Waals surface area contributed by atoms with E-state index in [4.69, 9.17) is 9.52 Å². The van der Waals surface area contributed by atoms with Crippen molar-refractivity contribution in [3.63, 3.8) is 0 Å². The standard InChI is InChI=1S/C14H21NO3/c1-10-4-3-5-12(8-10)15(2)9-11-6-7-18-13(11)14(16)17/h6-7,10,12H,3-5,8-9H2,1-2H3,(H,16,17). The molecule has 1 aliphatic carbocycles. The SMILES string of the molecule is CC1CCCC(N(C)Cc2ccoc2C(=O)O)C1. The minimum atomic E-state index is -0.986. The van der Waals surface area contributed by atoms with Crippen LogP contribution in [-0.4, -0.2) is 29.1 Å². The maximum absolute atomic E-state index is 11.0. The number of furan rings is 1. The third-order valence-electron chi connectivity index (χ3n) is 3.89. The number of carbonyl (C=O) groups is 1. The van der Waals surface area contributed by atoms with Crippen molar-refractivity contribution in [2.45, 2.75) is 45.2 Å². The van der Waals surface area contributed by atoms with Gasteiger partial charge in [-0.25, -0.2) is 4.79 Å². The second-order valence-corrected chi connectivity index (χ2v) is 5.42. The van der Waals surface area contributed by atoms with Crippen LogP contribution >= 0.6 is 0 Å². The number of nitrogens with zero attached hydrogens (tertiary/aromatic N) is 1. The normalized spacial score (nSPS) is 24.4. The predicted octanol–water partition coefficient (Wildman–Crippen LogP) is 2.99. The first-order chi connectivity index (χ1) is 8.58. The monoisotopic (exact) mass is 251 g/mol. The van der Waals surface area contributed by atoms with Crippen molar-refractivity contribution in [1.82, 2.24) is 4.90 Å². The van der Waals surface area contributed by atoms with E-state index in [2.05, 4.69) is 18.9 Å². The van der Waals surface area contributed by atoms with Gasteiger partial charge in [0.25, 0.3) is 0 Å². The zero-order valence-electron chi connectivity index (χ0n) is 11.1. The molecule has 1 fully saturated rings. The van der Waals surface area contributed by atoms with E-state index >= 15 is 0 Å². The van der Waals surface area contributed by atoms with Gasteiger partial charge in [-0.1, -0.05) is 19.8 Å². The molecule has 100 valence electrons. The fourth-order valence-electron chi connectivity index (χ4n) is 2.85. The average molecular weight is 251 g/mol. The molecule has 1 saturated carbocycles. The average Bonchev–Trinajstić information content (AvgIpc) is 2.77. The minimum Gasteiger partial charge on any atom is -0.475 e. The highest BCUT2D eigenvalue weighted by atomic mass is 16.4. The summed E-state index contributed by atoms with van der Waals surface area (Å²) in [5.41, 5.74) is 0.767. The van der Waals surface area contributed by atoms with Crippen LogP contribution in [0.5, 0.6) is 0 Å². The molecule has 1 N–H and O–H groups in total. The van der Waals surface area contributed by atoms with Crippen LogP contribution in [0.3, 0.4) is 0 Å². The summed E-state index contributed by atoms with van der Waals surface area (Å²) >= 11 is 0. The third-order valence-corrected chi connectivity index (χ3v) is 3.89. The quantitative estimate of drug-likeness (QED) is 0.893. The van der Waals surface area contributed by atoms with E-state index in [0.717, 1.165) is 11.5 Å². The molecule has 18 heavy (non-hydrogen) atoms. The maximum Gasteiger partial charge on any atom is 0.372 e. The Hall–Kier alpha value is -1.29. The van der Waals surface area contributed by atoms with Crippen LogP contribution in [0.4, 0.5) is 0 Å². The summed E-state index contributed by atoms with van der Waals surface area (Å²) in [6.07, 6.45) is 6.46. The second kappa shape index (κ2) is 5.57. The summed E-state index contributed by atoms with van der Waals surface area (Å²) in [6.45, 7) is 2.94. The van der Waals surface area contributed by atoms with Gasteiger partial charge in [0.2, 0.25) is 5.76 Å². The number of carboxylic acids is 1. The molecule has 0 spiro atoms. The summed E-state index contributed by atoms with van der Waals surface area (Å²) in [6, 6.07) is 2.32. The first kappa shape index (κ1) is 13.1. The van der Waals surface area contributed by atoms with Gasteiger partial charge in [0.15, 0.2) is 0 Å². The molecule has 4 nitrogen and oxygen atoms in total. The highest BCUT2D eigenvalue weighted by Crippen LogP contribution is 2.27. The summed E-state index contributed by atoms with van der Waals surface area (Å²) in [5.74, 6) is -0.138. The molecule has 0 aromatic carbocycles. The molecular formula is C14H21NO3. The Morgan fingerprint density at radius 2 is 2.33 bits per heavy atom. The van der Waals surface area contributed by atoms with Crippen molar-refractivity contribution >= 4 is 5.97 Å². The van der Waals surface area contributed by atoms with E-state index in [0.29, 0.717) is 12.6 Å². The third kappa shape index (κ3) is 2.93. The molecule has 1 heterocycles. The van der Waals surface area contributed by atoms with E-state index in [1.807, 2.05) is 0 Å². The molecule has 1 aliphatic rings. The largest absolute Gasteiger partial charge is 0.475 e. The van der Waals surface area contributed by atoms with E-state index < -0.39 is 5.97 Å². The fourth-order valence-corrected chi connectivity index (χ4v) is 2.85. The summed E-state index contributed by atoms with van der Waals surface area (Å²) < 4.78 is 5.01. The first-order valence-corrected chi connectivity index (χ1v) is 6.58. The minimum absolute atomic E-state index is 0.0747. The van der Waals surface area contributed by atoms with Gasteiger partial charge in [-0.15, -0.1) is 0 Å². The number of rotatable bonds is 4. The summed E-state index contributed by atoms with van der Waals surface area (Å²) in [4.78, 5) is 13.2. The molecule has 0 amide bonds. The van der Waals surface area contributed by atoms with Crippen molar-refractivity contribution in [3.8, 4) is 0 Å². The lowest BCUT2D eigenvalue weighted by Crippen LogP contribution is -2.35. The van der Waals surface area contributed by atoms with Crippen molar-refractivity contribution in [1.29, 1.82) is 0 Å².